The van der Waals surface area contributed by atoms with Gasteiger partial charge in [0.2, 0.25) is 0 Å². The summed E-state index contributed by atoms with van der Waals surface area (Å²) in [6.07, 6.45) is 1.19. The zero-order chi connectivity index (χ0) is 11.9. The number of hydrogen-bond acceptors (Lipinski definition) is 5. The van der Waals surface area contributed by atoms with Crippen molar-refractivity contribution in [2.45, 2.75) is 13.8 Å². The normalized spacial score (nSPS) is 11.7. The van der Waals surface area contributed by atoms with Gasteiger partial charge in [0.1, 0.15) is 9.84 Å². The minimum absolute atomic E-state index is 0.0697. The van der Waals surface area contributed by atoms with Crippen molar-refractivity contribution in [2.24, 2.45) is 0 Å². The summed E-state index contributed by atoms with van der Waals surface area (Å²) in [6, 6.07) is 0. The van der Waals surface area contributed by atoms with E-state index in [-0.39, 0.29) is 18.3 Å². The van der Waals surface area contributed by atoms with Gasteiger partial charge in [-0.25, -0.2) is 8.42 Å². The molecule has 0 amide bonds. The Bertz CT molecular complexity index is 286. The highest BCUT2D eigenvalue weighted by Crippen LogP contribution is 1.92. The summed E-state index contributed by atoms with van der Waals surface area (Å²) >= 11 is 0. The van der Waals surface area contributed by atoms with Gasteiger partial charge in [0, 0.05) is 12.8 Å². The molecule has 0 aliphatic carbocycles. The first-order valence-corrected chi connectivity index (χ1v) is 7.00. The van der Waals surface area contributed by atoms with Crippen LogP contribution in [0.5, 0.6) is 0 Å². The first-order valence-electron chi connectivity index (χ1n) is 4.94. The van der Waals surface area contributed by atoms with E-state index < -0.39 is 9.84 Å². The Morgan fingerprint density at radius 2 is 1.93 bits per heavy atom. The number of carbonyl (C=O) groups excluding carboxylic acids is 1. The monoisotopic (exact) mass is 237 g/mol. The van der Waals surface area contributed by atoms with Crippen LogP contribution >= 0.6 is 0 Å². The van der Waals surface area contributed by atoms with Crippen molar-refractivity contribution in [3.8, 4) is 0 Å². The molecule has 0 rings (SSSR count). The Balaban J connectivity index is 3.98. The van der Waals surface area contributed by atoms with Gasteiger partial charge in [-0.1, -0.05) is 6.92 Å². The van der Waals surface area contributed by atoms with Crippen LogP contribution < -0.4 is 0 Å². The Morgan fingerprint density at radius 3 is 2.33 bits per heavy atom. The number of rotatable bonds is 7. The Kier molecular flexibility index (Phi) is 6.51. The molecule has 0 radical (unpaired) electrons. The van der Waals surface area contributed by atoms with Gasteiger partial charge >= 0.3 is 5.97 Å². The largest absolute Gasteiger partial charge is 0.465 e. The van der Waals surface area contributed by atoms with Gasteiger partial charge in [0.25, 0.3) is 0 Å². The lowest BCUT2D eigenvalue weighted by atomic mass is 10.5. The van der Waals surface area contributed by atoms with Crippen LogP contribution in [0.25, 0.3) is 0 Å². The van der Waals surface area contributed by atoms with E-state index in [9.17, 15) is 13.2 Å². The van der Waals surface area contributed by atoms with Crippen LogP contribution in [0.3, 0.4) is 0 Å². The Labute approximate surface area is 91.3 Å². The first-order chi connectivity index (χ1) is 6.89. The van der Waals surface area contributed by atoms with Crippen LogP contribution in [0, 0.1) is 0 Å². The van der Waals surface area contributed by atoms with Crippen molar-refractivity contribution in [3.63, 3.8) is 0 Å². The van der Waals surface area contributed by atoms with Crippen LogP contribution in [0.2, 0.25) is 0 Å². The fourth-order valence-corrected chi connectivity index (χ4v) is 1.62. The third-order valence-corrected chi connectivity index (χ3v) is 2.81. The molecular formula is C9H19NO4S. The lowest BCUT2D eigenvalue weighted by Crippen LogP contribution is -2.34. The van der Waals surface area contributed by atoms with Crippen LogP contribution in [0.4, 0.5) is 0 Å². The minimum atomic E-state index is -2.97. The highest BCUT2D eigenvalue weighted by atomic mass is 32.2. The number of ether oxygens (including phenoxy) is 1. The average Bonchev–Trinajstić information content (AvgIpc) is 2.11. The van der Waals surface area contributed by atoms with Crippen LogP contribution in [0.1, 0.15) is 13.8 Å². The molecule has 0 fully saturated rings. The molecule has 0 spiro atoms. The summed E-state index contributed by atoms with van der Waals surface area (Å²) < 4.78 is 26.6. The number of esters is 1. The molecule has 0 saturated heterocycles. The molecule has 0 aromatic carbocycles. The topological polar surface area (TPSA) is 63.7 Å². The fourth-order valence-electron chi connectivity index (χ4n) is 1.03. The second kappa shape index (κ2) is 6.79. The zero-order valence-electron chi connectivity index (χ0n) is 9.52. The molecular weight excluding hydrogens is 218 g/mol. The molecule has 6 heteroatoms. The van der Waals surface area contributed by atoms with Crippen LogP contribution in [0.15, 0.2) is 0 Å². The van der Waals surface area contributed by atoms with Crippen molar-refractivity contribution in [2.75, 3.05) is 38.2 Å². The summed E-state index contributed by atoms with van der Waals surface area (Å²) in [7, 11) is -2.97. The number of likely N-dealkylation sites (N-methyl/N-ethyl adjacent to an activating group) is 1. The van der Waals surface area contributed by atoms with E-state index in [4.69, 9.17) is 4.74 Å². The van der Waals surface area contributed by atoms with Gasteiger partial charge < -0.3 is 4.74 Å². The number of nitrogens with zero attached hydrogens (tertiary/aromatic N) is 1. The molecule has 15 heavy (non-hydrogen) atoms. The Hall–Kier alpha value is -0.620. The number of carbonyl (C=O) groups is 1. The quantitative estimate of drug-likeness (QED) is 0.579. The van der Waals surface area contributed by atoms with Gasteiger partial charge in [-0.3, -0.25) is 9.69 Å². The first kappa shape index (κ1) is 14.4. The molecule has 0 heterocycles. The molecule has 0 aromatic heterocycles. The summed E-state index contributed by atoms with van der Waals surface area (Å²) in [5, 5.41) is 0. The number of hydrogen-bond donors (Lipinski definition) is 0. The molecule has 0 aliphatic rings. The van der Waals surface area contributed by atoms with Crippen molar-refractivity contribution in [1.82, 2.24) is 4.90 Å². The molecule has 0 unspecified atom stereocenters. The summed E-state index contributed by atoms with van der Waals surface area (Å²) in [4.78, 5) is 12.9. The lowest BCUT2D eigenvalue weighted by Gasteiger charge is -2.18. The predicted molar refractivity (Wildman–Crippen MR) is 58.5 cm³/mol. The molecule has 0 atom stereocenters. The van der Waals surface area contributed by atoms with E-state index in [2.05, 4.69) is 0 Å². The van der Waals surface area contributed by atoms with Crippen molar-refractivity contribution in [1.29, 1.82) is 0 Å². The molecule has 0 bridgehead atoms. The van der Waals surface area contributed by atoms with Crippen molar-refractivity contribution < 1.29 is 17.9 Å². The van der Waals surface area contributed by atoms with E-state index in [1.165, 1.54) is 6.26 Å². The van der Waals surface area contributed by atoms with E-state index in [0.29, 0.717) is 19.7 Å². The highest BCUT2D eigenvalue weighted by Gasteiger charge is 2.12. The second-order valence-electron chi connectivity index (χ2n) is 3.30. The molecule has 5 nitrogen and oxygen atoms in total. The molecule has 90 valence electrons. The highest BCUT2D eigenvalue weighted by molar-refractivity contribution is 7.90. The maximum Gasteiger partial charge on any atom is 0.320 e. The lowest BCUT2D eigenvalue weighted by molar-refractivity contribution is -0.144. The number of sulfone groups is 1. The standard InChI is InChI=1S/C9H19NO4S/c1-4-10(6-7-15(3,12)13)8-9(11)14-5-2/h4-8H2,1-3H3. The summed E-state index contributed by atoms with van der Waals surface area (Å²) in [5.74, 6) is -0.242. The van der Waals surface area contributed by atoms with E-state index in [0.717, 1.165) is 0 Å². The second-order valence-corrected chi connectivity index (χ2v) is 5.56. The van der Waals surface area contributed by atoms with Gasteiger partial charge in [0.05, 0.1) is 18.9 Å². The van der Waals surface area contributed by atoms with Crippen molar-refractivity contribution in [3.05, 3.63) is 0 Å². The molecule has 0 saturated carbocycles. The van der Waals surface area contributed by atoms with Gasteiger partial charge in [-0.15, -0.1) is 0 Å². The SMILES string of the molecule is CCOC(=O)CN(CC)CCS(C)(=O)=O. The van der Waals surface area contributed by atoms with Gasteiger partial charge in [-0.2, -0.15) is 0 Å². The molecule has 0 aromatic rings. The summed E-state index contributed by atoms with van der Waals surface area (Å²) in [6.45, 7) is 5.12. The predicted octanol–water partition coefficient (Wildman–Crippen LogP) is -0.0840. The van der Waals surface area contributed by atoms with Gasteiger partial charge in [0.15, 0.2) is 0 Å². The zero-order valence-corrected chi connectivity index (χ0v) is 10.3. The summed E-state index contributed by atoms with van der Waals surface area (Å²) in [5.41, 5.74) is 0. The third kappa shape index (κ3) is 8.38. The minimum Gasteiger partial charge on any atom is -0.465 e. The van der Waals surface area contributed by atoms with E-state index >= 15 is 0 Å². The van der Waals surface area contributed by atoms with Gasteiger partial charge in [-0.05, 0) is 13.5 Å². The smallest absolute Gasteiger partial charge is 0.320 e. The molecule has 0 aliphatic heterocycles. The van der Waals surface area contributed by atoms with E-state index in [1.54, 1.807) is 11.8 Å². The van der Waals surface area contributed by atoms with Crippen LogP contribution in [-0.2, 0) is 19.4 Å². The van der Waals surface area contributed by atoms with Crippen molar-refractivity contribution >= 4 is 15.8 Å². The van der Waals surface area contributed by atoms with E-state index in [1.807, 2.05) is 6.92 Å². The maximum atomic E-state index is 11.1. The fraction of sp³-hybridized carbons (Fsp3) is 0.889. The molecule has 0 N–H and O–H groups in total. The third-order valence-electron chi connectivity index (χ3n) is 1.88. The Morgan fingerprint density at radius 1 is 1.33 bits per heavy atom. The maximum absolute atomic E-state index is 11.1. The average molecular weight is 237 g/mol. The van der Waals surface area contributed by atoms with Crippen LogP contribution in [-0.4, -0.2) is 57.5 Å².